The van der Waals surface area contributed by atoms with Crippen LogP contribution in [0.2, 0.25) is 0 Å². The van der Waals surface area contributed by atoms with Crippen LogP contribution in [0.5, 0.6) is 0 Å². The third-order valence-electron chi connectivity index (χ3n) is 4.06. The number of sulfonamides is 1. The number of rotatable bonds is 4. The lowest BCUT2D eigenvalue weighted by Crippen LogP contribution is -3.13. The van der Waals surface area contributed by atoms with Crippen LogP contribution in [-0.4, -0.2) is 38.9 Å². The lowest BCUT2D eigenvalue weighted by atomic mass is 10.1. The number of nitrogens with one attached hydrogen (secondary N) is 1. The first kappa shape index (κ1) is 16.1. The average molecular weight is 348 g/mol. The predicted molar refractivity (Wildman–Crippen MR) is 88.6 cm³/mol. The van der Waals surface area contributed by atoms with Crippen molar-refractivity contribution in [3.8, 4) is 6.07 Å². The van der Waals surface area contributed by atoms with Crippen LogP contribution in [0.4, 0.5) is 0 Å². The van der Waals surface area contributed by atoms with E-state index in [1.807, 2.05) is 24.3 Å². The molecular weight excluding hydrogens is 330 g/mol. The van der Waals surface area contributed by atoms with Gasteiger partial charge in [-0.25, -0.2) is 8.42 Å². The zero-order valence-electron chi connectivity index (χ0n) is 12.6. The van der Waals surface area contributed by atoms with Gasteiger partial charge >= 0.3 is 0 Å². The minimum Gasteiger partial charge on any atom is -0.329 e. The van der Waals surface area contributed by atoms with Crippen LogP contribution >= 0.6 is 11.3 Å². The Bertz CT molecular complexity index is 785. The fourth-order valence-electron chi connectivity index (χ4n) is 2.74. The Balaban J connectivity index is 1.59. The minimum atomic E-state index is -3.32. The maximum atomic E-state index is 12.5. The van der Waals surface area contributed by atoms with Crippen LogP contribution in [0, 0.1) is 11.3 Å². The summed E-state index contributed by atoms with van der Waals surface area (Å²) < 4.78 is 27.0. The second kappa shape index (κ2) is 6.81. The van der Waals surface area contributed by atoms with Gasteiger partial charge in [0.1, 0.15) is 10.8 Å². The summed E-state index contributed by atoms with van der Waals surface area (Å²) >= 11 is 1.27. The highest BCUT2D eigenvalue weighted by Crippen LogP contribution is 2.20. The van der Waals surface area contributed by atoms with Crippen molar-refractivity contribution in [1.82, 2.24) is 4.31 Å². The molecule has 3 rings (SSSR count). The monoisotopic (exact) mass is 348 g/mol. The number of benzene rings is 1. The molecule has 120 valence electrons. The smallest absolute Gasteiger partial charge is 0.252 e. The highest BCUT2D eigenvalue weighted by molar-refractivity contribution is 7.91. The van der Waals surface area contributed by atoms with Crippen LogP contribution in [0.15, 0.2) is 46.0 Å². The van der Waals surface area contributed by atoms with Crippen LogP contribution in [0.25, 0.3) is 0 Å². The van der Waals surface area contributed by atoms with E-state index >= 15 is 0 Å². The van der Waals surface area contributed by atoms with Gasteiger partial charge < -0.3 is 4.90 Å². The molecule has 1 aromatic carbocycles. The van der Waals surface area contributed by atoms with Gasteiger partial charge in [0, 0.05) is 5.56 Å². The van der Waals surface area contributed by atoms with Gasteiger partial charge in [0.25, 0.3) is 10.0 Å². The molecule has 23 heavy (non-hydrogen) atoms. The lowest BCUT2D eigenvalue weighted by Gasteiger charge is -2.31. The van der Waals surface area contributed by atoms with Crippen molar-refractivity contribution in [2.75, 3.05) is 26.2 Å². The summed E-state index contributed by atoms with van der Waals surface area (Å²) in [7, 11) is -3.32. The second-order valence-electron chi connectivity index (χ2n) is 5.57. The minimum absolute atomic E-state index is 0.424. The van der Waals surface area contributed by atoms with E-state index in [2.05, 4.69) is 6.07 Å². The van der Waals surface area contributed by atoms with E-state index in [4.69, 9.17) is 5.26 Å². The number of piperazine rings is 1. The van der Waals surface area contributed by atoms with E-state index in [0.29, 0.717) is 22.9 Å². The summed E-state index contributed by atoms with van der Waals surface area (Å²) in [5.41, 5.74) is 1.84. The normalized spacial score (nSPS) is 17.0. The van der Waals surface area contributed by atoms with Crippen molar-refractivity contribution in [2.24, 2.45) is 0 Å². The first-order valence-electron chi connectivity index (χ1n) is 7.46. The van der Waals surface area contributed by atoms with Crippen molar-refractivity contribution in [3.05, 3.63) is 52.9 Å². The van der Waals surface area contributed by atoms with E-state index in [1.54, 1.807) is 21.8 Å². The summed E-state index contributed by atoms with van der Waals surface area (Å²) in [4.78, 5) is 1.37. The summed E-state index contributed by atoms with van der Waals surface area (Å²) in [5, 5.41) is 10.6. The average Bonchev–Trinajstić information content (AvgIpc) is 3.11. The molecule has 0 spiro atoms. The SMILES string of the molecule is N#Cc1ccc(C[NH+]2CCN(S(=O)(=O)c3cccs3)CC2)cc1. The molecule has 1 fully saturated rings. The Labute approximate surface area is 140 Å². The van der Waals surface area contributed by atoms with Crippen molar-refractivity contribution in [3.63, 3.8) is 0 Å². The van der Waals surface area contributed by atoms with Crippen molar-refractivity contribution in [2.45, 2.75) is 10.8 Å². The number of nitrogens with zero attached hydrogens (tertiary/aromatic N) is 2. The van der Waals surface area contributed by atoms with Gasteiger partial charge in [0.05, 0.1) is 37.8 Å². The quantitative estimate of drug-likeness (QED) is 0.885. The van der Waals surface area contributed by atoms with Gasteiger partial charge in [0.15, 0.2) is 0 Å². The number of nitriles is 1. The molecule has 1 aromatic heterocycles. The van der Waals surface area contributed by atoms with Gasteiger partial charge in [-0.1, -0.05) is 18.2 Å². The fourth-order valence-corrected chi connectivity index (χ4v) is 5.33. The predicted octanol–water partition coefficient (Wildman–Crippen LogP) is 0.709. The lowest BCUT2D eigenvalue weighted by molar-refractivity contribution is -0.917. The van der Waals surface area contributed by atoms with Crippen LogP contribution < -0.4 is 4.90 Å². The van der Waals surface area contributed by atoms with Gasteiger partial charge in [0.2, 0.25) is 0 Å². The number of hydrogen-bond donors (Lipinski definition) is 1. The van der Waals surface area contributed by atoms with Crippen molar-refractivity contribution in [1.29, 1.82) is 5.26 Å². The molecule has 2 heterocycles. The van der Waals surface area contributed by atoms with E-state index in [9.17, 15) is 8.42 Å². The summed E-state index contributed by atoms with van der Waals surface area (Å²) in [5.74, 6) is 0. The van der Waals surface area contributed by atoms with Crippen LogP contribution in [0.3, 0.4) is 0 Å². The molecule has 0 unspecified atom stereocenters. The Morgan fingerprint density at radius 2 is 1.87 bits per heavy atom. The summed E-state index contributed by atoms with van der Waals surface area (Å²) in [6.07, 6.45) is 0. The molecule has 1 aliphatic rings. The zero-order valence-corrected chi connectivity index (χ0v) is 14.2. The molecule has 2 aromatic rings. The number of hydrogen-bond acceptors (Lipinski definition) is 4. The maximum absolute atomic E-state index is 12.5. The largest absolute Gasteiger partial charge is 0.329 e. The standard InChI is InChI=1S/C16H17N3O2S2/c17-12-14-3-5-15(6-4-14)13-18-7-9-19(10-8-18)23(20,21)16-2-1-11-22-16/h1-6,11H,7-10,13H2/p+1. The Kier molecular flexibility index (Phi) is 4.78. The zero-order chi connectivity index (χ0) is 16.3. The molecule has 1 N–H and O–H groups in total. The third-order valence-corrected chi connectivity index (χ3v) is 7.33. The fraction of sp³-hybridized carbons (Fsp3) is 0.312. The Morgan fingerprint density at radius 1 is 1.17 bits per heavy atom. The topological polar surface area (TPSA) is 65.6 Å². The molecule has 0 bridgehead atoms. The summed E-state index contributed by atoms with van der Waals surface area (Å²) in [6, 6.07) is 13.1. The van der Waals surface area contributed by atoms with E-state index in [0.717, 1.165) is 19.6 Å². The molecule has 0 aliphatic carbocycles. The number of thiophene rings is 1. The van der Waals surface area contributed by atoms with Crippen molar-refractivity contribution >= 4 is 21.4 Å². The first-order valence-corrected chi connectivity index (χ1v) is 9.78. The van der Waals surface area contributed by atoms with Gasteiger partial charge in [-0.3, -0.25) is 0 Å². The summed E-state index contributed by atoms with van der Waals surface area (Å²) in [6.45, 7) is 3.55. The maximum Gasteiger partial charge on any atom is 0.252 e. The molecule has 0 radical (unpaired) electrons. The van der Waals surface area contributed by atoms with E-state index in [-0.39, 0.29) is 0 Å². The van der Waals surface area contributed by atoms with Gasteiger partial charge in [-0.2, -0.15) is 9.57 Å². The molecule has 7 heteroatoms. The van der Waals surface area contributed by atoms with Crippen LogP contribution in [0.1, 0.15) is 11.1 Å². The molecule has 1 aliphatic heterocycles. The first-order chi connectivity index (χ1) is 11.1. The molecule has 5 nitrogen and oxygen atoms in total. The second-order valence-corrected chi connectivity index (χ2v) is 8.68. The van der Waals surface area contributed by atoms with Crippen LogP contribution in [-0.2, 0) is 16.6 Å². The highest BCUT2D eigenvalue weighted by atomic mass is 32.2. The van der Waals surface area contributed by atoms with E-state index in [1.165, 1.54) is 21.8 Å². The van der Waals surface area contributed by atoms with Gasteiger partial charge in [-0.15, -0.1) is 11.3 Å². The van der Waals surface area contributed by atoms with Gasteiger partial charge in [-0.05, 0) is 23.6 Å². The molecule has 0 saturated carbocycles. The van der Waals surface area contributed by atoms with E-state index < -0.39 is 10.0 Å². The highest BCUT2D eigenvalue weighted by Gasteiger charge is 2.30. The number of quaternary nitrogens is 1. The third kappa shape index (κ3) is 3.62. The molecule has 0 amide bonds. The molecule has 0 atom stereocenters. The Hall–Kier alpha value is -1.72. The molecule has 1 saturated heterocycles. The molecular formula is C16H18N3O2S2+. The Morgan fingerprint density at radius 3 is 2.43 bits per heavy atom. The van der Waals surface area contributed by atoms with Crippen molar-refractivity contribution < 1.29 is 13.3 Å².